The van der Waals surface area contributed by atoms with Crippen LogP contribution in [0.4, 0.5) is 0 Å². The second-order valence-corrected chi connectivity index (χ2v) is 1.57. The average Bonchev–Trinajstić information content (AvgIpc) is 1.84. The molecule has 0 aromatic rings. The summed E-state index contributed by atoms with van der Waals surface area (Å²) in [5.41, 5.74) is 0. The van der Waals surface area contributed by atoms with Crippen LogP contribution in [0.15, 0.2) is 0 Å². The molecule has 65 valence electrons. The third-order valence-electron chi connectivity index (χ3n) is 0.805. The Bertz CT molecular complexity index is 149. The van der Waals surface area contributed by atoms with Crippen molar-refractivity contribution in [3.8, 4) is 0 Å². The molecule has 12 heavy (non-hydrogen) atoms. The SMILES string of the molecule is O=C(O)C(O)C(O)C(=O)O.[H-].[K+].[Sb]. The average molecular weight is 312 g/mol. The smallest absolute Gasteiger partial charge is 1.00 e. The molecule has 2 unspecified atom stereocenters. The quantitative estimate of drug-likeness (QED) is 0.387. The zero-order chi connectivity index (χ0) is 8.31. The summed E-state index contributed by atoms with van der Waals surface area (Å²) in [5.74, 6) is -3.54. The molecule has 3 radical (unpaired) electrons. The number of hydrogen-bond acceptors (Lipinski definition) is 4. The number of aliphatic carboxylic acids is 2. The van der Waals surface area contributed by atoms with Gasteiger partial charge in [0.15, 0.2) is 12.2 Å². The van der Waals surface area contributed by atoms with Gasteiger partial charge in [0.25, 0.3) is 0 Å². The Morgan fingerprint density at radius 2 is 1.17 bits per heavy atom. The Kier molecular flexibility index (Phi) is 14.1. The van der Waals surface area contributed by atoms with E-state index in [9.17, 15) is 9.59 Å². The van der Waals surface area contributed by atoms with Crippen LogP contribution in [0, 0.1) is 0 Å². The van der Waals surface area contributed by atoms with Gasteiger partial charge < -0.3 is 21.9 Å². The minimum absolute atomic E-state index is 0. The van der Waals surface area contributed by atoms with Gasteiger partial charge in [0.1, 0.15) is 0 Å². The molecule has 0 aliphatic heterocycles. The Hall–Kier alpha value is 1.31. The minimum atomic E-state index is -2.27. The Morgan fingerprint density at radius 3 is 1.25 bits per heavy atom. The van der Waals surface area contributed by atoms with Crippen molar-refractivity contribution >= 4 is 36.4 Å². The zero-order valence-electron chi connectivity index (χ0n) is 7.21. The van der Waals surface area contributed by atoms with Crippen LogP contribution < -0.4 is 51.4 Å². The van der Waals surface area contributed by atoms with E-state index in [0.29, 0.717) is 0 Å². The number of aliphatic hydroxyl groups excluding tert-OH is 2. The molecule has 0 aromatic carbocycles. The maximum atomic E-state index is 9.77. The van der Waals surface area contributed by atoms with E-state index in [1.165, 1.54) is 0 Å². The third-order valence-corrected chi connectivity index (χ3v) is 0.805. The summed E-state index contributed by atoms with van der Waals surface area (Å²) in [5, 5.41) is 32.5. The summed E-state index contributed by atoms with van der Waals surface area (Å²) in [4.78, 5) is 19.5. The van der Waals surface area contributed by atoms with Crippen LogP contribution in [-0.2, 0) is 9.59 Å². The van der Waals surface area contributed by atoms with Gasteiger partial charge in [-0.3, -0.25) is 0 Å². The molecule has 0 amide bonds. The molecule has 0 aromatic heterocycles. The molecular weight excluding hydrogens is 305 g/mol. The van der Waals surface area contributed by atoms with E-state index in [1.54, 1.807) is 0 Å². The number of aliphatic hydroxyl groups is 2. The number of carbonyl (C=O) groups is 2. The first-order valence-electron chi connectivity index (χ1n) is 2.28. The van der Waals surface area contributed by atoms with E-state index in [-0.39, 0.29) is 77.2 Å². The molecule has 0 bridgehead atoms. The number of hydrogen-bond donors (Lipinski definition) is 4. The normalized spacial score (nSPS) is 13.2. The van der Waals surface area contributed by atoms with Crippen LogP contribution in [0.3, 0.4) is 0 Å². The van der Waals surface area contributed by atoms with Crippen molar-refractivity contribution in [1.82, 2.24) is 0 Å². The zero-order valence-corrected chi connectivity index (χ0v) is 11.9. The maximum absolute atomic E-state index is 9.77. The number of carboxylic acids is 2. The molecule has 4 N–H and O–H groups in total. The van der Waals surface area contributed by atoms with Crippen LogP contribution in [0.1, 0.15) is 1.43 Å². The predicted octanol–water partition coefficient (Wildman–Crippen LogP) is -5.39. The summed E-state index contributed by atoms with van der Waals surface area (Å²) in [7, 11) is 0. The van der Waals surface area contributed by atoms with Gasteiger partial charge in [-0.1, -0.05) is 0 Å². The van der Waals surface area contributed by atoms with Crippen LogP contribution >= 0.6 is 0 Å². The van der Waals surface area contributed by atoms with Gasteiger partial charge in [-0.15, -0.1) is 0 Å². The third kappa shape index (κ3) is 6.79. The maximum Gasteiger partial charge on any atom is 1.00 e. The molecule has 2 atom stereocenters. The first kappa shape index (κ1) is 19.0. The first-order chi connectivity index (χ1) is 4.46. The Morgan fingerprint density at radius 1 is 1.00 bits per heavy atom. The molecule has 6 nitrogen and oxygen atoms in total. The second kappa shape index (κ2) is 8.89. The van der Waals surface area contributed by atoms with Gasteiger partial charge >= 0.3 is 63.3 Å². The molecule has 0 spiro atoms. The number of carboxylic acid groups (broad SMARTS) is 2. The predicted molar refractivity (Wildman–Crippen MR) is 34.2 cm³/mol. The largest absolute Gasteiger partial charge is 1.00 e. The van der Waals surface area contributed by atoms with E-state index >= 15 is 0 Å². The van der Waals surface area contributed by atoms with Crippen molar-refractivity contribution in [1.29, 1.82) is 0 Å². The Balaban J connectivity index is -0.000000135. The van der Waals surface area contributed by atoms with Crippen molar-refractivity contribution in [2.45, 2.75) is 12.2 Å². The van der Waals surface area contributed by atoms with Gasteiger partial charge in [-0.2, -0.15) is 0 Å². The van der Waals surface area contributed by atoms with Crippen LogP contribution in [0.2, 0.25) is 0 Å². The van der Waals surface area contributed by atoms with Gasteiger partial charge in [0.05, 0.1) is 0 Å². The fourth-order valence-corrected chi connectivity index (χ4v) is 0.270. The molecule has 8 heteroatoms. The fraction of sp³-hybridized carbons (Fsp3) is 0.500. The monoisotopic (exact) mass is 311 g/mol. The van der Waals surface area contributed by atoms with Gasteiger partial charge in [0.2, 0.25) is 0 Å². The van der Waals surface area contributed by atoms with Gasteiger partial charge in [-0.05, 0) is 0 Å². The molecular formula is C4H7KO6Sb. The molecule has 0 heterocycles. The summed E-state index contributed by atoms with van der Waals surface area (Å²) < 4.78 is 0. The topological polar surface area (TPSA) is 115 Å². The van der Waals surface area contributed by atoms with Crippen molar-refractivity contribution in [3.63, 3.8) is 0 Å². The summed E-state index contributed by atoms with van der Waals surface area (Å²) in [6.07, 6.45) is -4.53. The molecule has 0 rings (SSSR count). The summed E-state index contributed by atoms with van der Waals surface area (Å²) in [6.45, 7) is 0. The van der Waals surface area contributed by atoms with E-state index in [1.807, 2.05) is 0 Å². The van der Waals surface area contributed by atoms with E-state index < -0.39 is 24.1 Å². The van der Waals surface area contributed by atoms with Crippen molar-refractivity contribution in [2.75, 3.05) is 0 Å². The summed E-state index contributed by atoms with van der Waals surface area (Å²) in [6, 6.07) is 0. The van der Waals surface area contributed by atoms with Crippen LogP contribution in [-0.4, -0.2) is 69.0 Å². The van der Waals surface area contributed by atoms with Crippen molar-refractivity contribution in [2.24, 2.45) is 0 Å². The molecule has 0 saturated carbocycles. The van der Waals surface area contributed by atoms with Gasteiger partial charge in [-0.25, -0.2) is 9.59 Å². The van der Waals surface area contributed by atoms with Crippen molar-refractivity contribution < 1.29 is 82.8 Å². The van der Waals surface area contributed by atoms with Crippen molar-refractivity contribution in [3.05, 3.63) is 0 Å². The molecule has 0 fully saturated rings. The van der Waals surface area contributed by atoms with Crippen LogP contribution in [0.25, 0.3) is 0 Å². The first-order valence-corrected chi connectivity index (χ1v) is 2.28. The van der Waals surface area contributed by atoms with E-state index in [4.69, 9.17) is 20.4 Å². The number of rotatable bonds is 3. The van der Waals surface area contributed by atoms with Gasteiger partial charge in [0, 0.05) is 24.4 Å². The summed E-state index contributed by atoms with van der Waals surface area (Å²) >= 11 is 0. The minimum Gasteiger partial charge on any atom is -1.00 e. The molecule has 0 aliphatic rings. The fourth-order valence-electron chi connectivity index (χ4n) is 0.270. The molecule has 0 saturated heterocycles. The standard InChI is InChI=1S/C4H6O6.K.Sb.H/c5-1(3(7)8)2(6)4(9)10;;;/h1-2,5-6H,(H,7,8)(H,9,10);;;/q;+1;;-1. The Labute approximate surface area is 129 Å². The van der Waals surface area contributed by atoms with E-state index in [0.717, 1.165) is 0 Å². The van der Waals surface area contributed by atoms with Crippen LogP contribution in [0.5, 0.6) is 0 Å². The second-order valence-electron chi connectivity index (χ2n) is 1.57. The molecule has 0 aliphatic carbocycles. The van der Waals surface area contributed by atoms with E-state index in [2.05, 4.69) is 0 Å².